The number of hydrogen-bond acceptors (Lipinski definition) is 1. The van der Waals surface area contributed by atoms with E-state index in [2.05, 4.69) is 0 Å². The minimum absolute atomic E-state index is 0.437. The van der Waals surface area contributed by atoms with Gasteiger partial charge in [0.2, 0.25) is 0 Å². The van der Waals surface area contributed by atoms with Crippen molar-refractivity contribution in [3.63, 3.8) is 0 Å². The van der Waals surface area contributed by atoms with Gasteiger partial charge in [-0.1, -0.05) is 11.6 Å². The number of amides is 1. The molecule has 12 heavy (non-hydrogen) atoms. The van der Waals surface area contributed by atoms with Crippen LogP contribution < -0.4 is 5.73 Å². The minimum Gasteiger partial charge on any atom is -0.364 e. The van der Waals surface area contributed by atoms with E-state index in [1.165, 1.54) is 0 Å². The fourth-order valence-corrected chi connectivity index (χ4v) is 2.02. The molecule has 1 amide bonds. The summed E-state index contributed by atoms with van der Waals surface area (Å²) in [5.41, 5.74) is 6.77. The van der Waals surface area contributed by atoms with E-state index in [1.54, 1.807) is 0 Å². The minimum atomic E-state index is -0.437. The molecule has 0 spiro atoms. The van der Waals surface area contributed by atoms with Crippen LogP contribution in [0.3, 0.4) is 0 Å². The first-order valence-electron chi connectivity index (χ1n) is 3.88. The highest BCUT2D eigenvalue weighted by Gasteiger charge is 2.20. The summed E-state index contributed by atoms with van der Waals surface area (Å²) in [5.74, 6) is -0.437. The molecule has 0 radical (unpaired) electrons. The third-order valence-corrected chi connectivity index (χ3v) is 2.47. The fraction of sp³-hybridized carbons (Fsp3) is 0.375. The Morgan fingerprint density at radius 3 is 3.08 bits per heavy atom. The van der Waals surface area contributed by atoms with E-state index in [4.69, 9.17) is 17.3 Å². The summed E-state index contributed by atoms with van der Waals surface area (Å²) in [7, 11) is 0. The normalized spacial score (nSPS) is 14.8. The van der Waals surface area contributed by atoms with Crippen molar-refractivity contribution in [1.29, 1.82) is 0 Å². The molecule has 1 aromatic rings. The number of carbonyl (C=O) groups is 1. The van der Waals surface area contributed by atoms with Crippen molar-refractivity contribution >= 4 is 17.5 Å². The van der Waals surface area contributed by atoms with Crippen molar-refractivity contribution in [3.05, 3.63) is 22.5 Å². The van der Waals surface area contributed by atoms with Gasteiger partial charge in [0.05, 0.1) is 5.02 Å². The van der Waals surface area contributed by atoms with Crippen molar-refractivity contribution in [2.24, 2.45) is 5.73 Å². The van der Waals surface area contributed by atoms with Gasteiger partial charge in [0, 0.05) is 12.2 Å². The predicted molar refractivity (Wildman–Crippen MR) is 46.3 cm³/mol. The zero-order valence-electron chi connectivity index (χ0n) is 6.51. The molecule has 0 unspecified atom stereocenters. The van der Waals surface area contributed by atoms with E-state index in [0.29, 0.717) is 10.7 Å². The second-order valence-electron chi connectivity index (χ2n) is 2.95. The smallest absolute Gasteiger partial charge is 0.266 e. The summed E-state index contributed by atoms with van der Waals surface area (Å²) < 4.78 is 1.91. The van der Waals surface area contributed by atoms with Crippen LogP contribution in [0.4, 0.5) is 0 Å². The molecule has 1 aliphatic heterocycles. The van der Waals surface area contributed by atoms with Gasteiger partial charge in [0.25, 0.3) is 5.91 Å². The number of halogens is 1. The summed E-state index contributed by atoms with van der Waals surface area (Å²) >= 11 is 5.84. The van der Waals surface area contributed by atoms with Gasteiger partial charge in [-0.3, -0.25) is 4.79 Å². The van der Waals surface area contributed by atoms with E-state index in [-0.39, 0.29) is 0 Å². The van der Waals surface area contributed by atoms with Crippen LogP contribution in [-0.4, -0.2) is 10.5 Å². The Morgan fingerprint density at radius 1 is 1.67 bits per heavy atom. The van der Waals surface area contributed by atoms with Crippen molar-refractivity contribution in [3.8, 4) is 0 Å². The lowest BCUT2D eigenvalue weighted by Gasteiger charge is -2.01. The second kappa shape index (κ2) is 2.52. The molecule has 0 saturated carbocycles. The number of aryl methyl sites for hydroxylation is 1. The molecule has 0 bridgehead atoms. The quantitative estimate of drug-likeness (QED) is 0.700. The van der Waals surface area contributed by atoms with Crippen LogP contribution in [0.1, 0.15) is 22.6 Å². The molecule has 64 valence electrons. The Kier molecular flexibility index (Phi) is 1.61. The van der Waals surface area contributed by atoms with Crippen molar-refractivity contribution in [2.75, 3.05) is 0 Å². The average Bonchev–Trinajstić information content (AvgIpc) is 2.44. The van der Waals surface area contributed by atoms with Gasteiger partial charge in [-0.15, -0.1) is 0 Å². The lowest BCUT2D eigenvalue weighted by Crippen LogP contribution is -2.16. The Hall–Kier alpha value is -0.960. The van der Waals surface area contributed by atoms with Crippen LogP contribution in [0.5, 0.6) is 0 Å². The Labute approximate surface area is 75.1 Å². The van der Waals surface area contributed by atoms with Crippen LogP contribution in [-0.2, 0) is 13.0 Å². The average molecular weight is 185 g/mol. The molecule has 0 atom stereocenters. The van der Waals surface area contributed by atoms with Crippen molar-refractivity contribution in [1.82, 2.24) is 4.57 Å². The Morgan fingerprint density at radius 2 is 2.42 bits per heavy atom. The molecule has 1 aromatic heterocycles. The summed E-state index contributed by atoms with van der Waals surface area (Å²) in [6.07, 6.45) is 2.07. The van der Waals surface area contributed by atoms with E-state index in [1.807, 2.05) is 10.6 Å². The molecule has 0 saturated heterocycles. The van der Waals surface area contributed by atoms with Crippen molar-refractivity contribution < 1.29 is 4.79 Å². The maximum atomic E-state index is 11.0. The maximum absolute atomic E-state index is 11.0. The SMILES string of the molecule is NC(=O)c1c(Cl)cc2n1CCC2. The summed E-state index contributed by atoms with van der Waals surface area (Å²) in [4.78, 5) is 11.0. The van der Waals surface area contributed by atoms with Crippen LogP contribution >= 0.6 is 11.6 Å². The van der Waals surface area contributed by atoms with Crippen LogP contribution in [0.25, 0.3) is 0 Å². The molecule has 2 N–H and O–H groups in total. The van der Waals surface area contributed by atoms with Gasteiger partial charge >= 0.3 is 0 Å². The highest BCUT2D eigenvalue weighted by molar-refractivity contribution is 6.33. The first-order valence-corrected chi connectivity index (χ1v) is 4.25. The summed E-state index contributed by atoms with van der Waals surface area (Å²) in [6.45, 7) is 0.861. The molecule has 2 heterocycles. The number of rotatable bonds is 1. The van der Waals surface area contributed by atoms with Gasteiger partial charge in [-0.05, 0) is 18.9 Å². The standard InChI is InChI=1S/C8H9ClN2O/c9-6-4-5-2-1-3-11(5)7(6)8(10)12/h4H,1-3H2,(H2,10,12). The number of nitrogens with two attached hydrogens (primary N) is 1. The molecule has 4 heteroatoms. The van der Waals surface area contributed by atoms with Crippen LogP contribution in [0, 0.1) is 0 Å². The molecule has 1 aliphatic rings. The molecule has 0 fully saturated rings. The number of fused-ring (bicyclic) bond motifs is 1. The number of carbonyl (C=O) groups excluding carboxylic acids is 1. The zero-order chi connectivity index (χ0) is 8.72. The fourth-order valence-electron chi connectivity index (χ4n) is 1.70. The second-order valence-corrected chi connectivity index (χ2v) is 3.36. The number of primary amides is 1. The number of hydrogen-bond donors (Lipinski definition) is 1. The number of aromatic nitrogens is 1. The van der Waals surface area contributed by atoms with Crippen LogP contribution in [0.2, 0.25) is 5.02 Å². The van der Waals surface area contributed by atoms with E-state index in [0.717, 1.165) is 25.1 Å². The number of nitrogens with zero attached hydrogens (tertiary/aromatic N) is 1. The van der Waals surface area contributed by atoms with Gasteiger partial charge in [0.1, 0.15) is 5.69 Å². The molecule has 3 nitrogen and oxygen atoms in total. The molecule has 0 aromatic carbocycles. The van der Waals surface area contributed by atoms with Gasteiger partial charge in [-0.25, -0.2) is 0 Å². The zero-order valence-corrected chi connectivity index (χ0v) is 7.27. The third kappa shape index (κ3) is 0.932. The predicted octanol–water partition coefficient (Wildman–Crippen LogP) is 1.19. The monoisotopic (exact) mass is 184 g/mol. The molecular weight excluding hydrogens is 176 g/mol. The van der Waals surface area contributed by atoms with E-state index in [9.17, 15) is 4.79 Å². The third-order valence-electron chi connectivity index (χ3n) is 2.18. The van der Waals surface area contributed by atoms with Crippen LogP contribution in [0.15, 0.2) is 6.07 Å². The molecule has 0 aliphatic carbocycles. The maximum Gasteiger partial charge on any atom is 0.266 e. The van der Waals surface area contributed by atoms with Gasteiger partial charge < -0.3 is 10.3 Å². The molecule has 2 rings (SSSR count). The molecular formula is C8H9ClN2O. The largest absolute Gasteiger partial charge is 0.364 e. The first-order chi connectivity index (χ1) is 5.70. The summed E-state index contributed by atoms with van der Waals surface area (Å²) in [6, 6.07) is 1.83. The highest BCUT2D eigenvalue weighted by atomic mass is 35.5. The lowest BCUT2D eigenvalue weighted by atomic mass is 10.3. The Balaban J connectivity index is 2.59. The summed E-state index contributed by atoms with van der Waals surface area (Å²) in [5, 5.41) is 0.484. The van der Waals surface area contributed by atoms with Crippen molar-refractivity contribution in [2.45, 2.75) is 19.4 Å². The highest BCUT2D eigenvalue weighted by Crippen LogP contribution is 2.26. The first kappa shape index (κ1) is 7.68. The lowest BCUT2D eigenvalue weighted by molar-refractivity contribution is 0.0992. The van der Waals surface area contributed by atoms with Gasteiger partial charge in [-0.2, -0.15) is 0 Å². The van der Waals surface area contributed by atoms with E-state index >= 15 is 0 Å². The Bertz CT molecular complexity index is 343. The van der Waals surface area contributed by atoms with Gasteiger partial charge in [0.15, 0.2) is 0 Å². The van der Waals surface area contributed by atoms with E-state index < -0.39 is 5.91 Å². The topological polar surface area (TPSA) is 48.0 Å².